The summed E-state index contributed by atoms with van der Waals surface area (Å²) in [6.07, 6.45) is 0. The molecule has 1 aromatic carbocycles. The molecular formula is C11H12FN3O5. The van der Waals surface area contributed by atoms with Gasteiger partial charge < -0.3 is 15.3 Å². The third-order valence-corrected chi connectivity index (χ3v) is 2.34. The first-order valence-electron chi connectivity index (χ1n) is 5.56. The first-order chi connectivity index (χ1) is 9.33. The van der Waals surface area contributed by atoms with Gasteiger partial charge in [-0.1, -0.05) is 0 Å². The third-order valence-electron chi connectivity index (χ3n) is 2.34. The summed E-state index contributed by atoms with van der Waals surface area (Å²) in [6, 6.07) is 1.81. The largest absolute Gasteiger partial charge is 0.480 e. The van der Waals surface area contributed by atoms with Gasteiger partial charge in [0.15, 0.2) is 0 Å². The van der Waals surface area contributed by atoms with Crippen LogP contribution in [-0.2, 0) is 4.79 Å². The van der Waals surface area contributed by atoms with Crippen molar-refractivity contribution < 1.29 is 24.0 Å². The minimum absolute atomic E-state index is 0.120. The highest BCUT2D eigenvalue weighted by molar-refractivity contribution is 5.91. The number of anilines is 1. The van der Waals surface area contributed by atoms with E-state index >= 15 is 0 Å². The molecule has 0 spiro atoms. The number of non-ortho nitro benzene ring substituents is 1. The molecule has 0 bridgehead atoms. The maximum Gasteiger partial charge on any atom is 0.323 e. The highest BCUT2D eigenvalue weighted by atomic mass is 19.1. The number of nitrogens with zero attached hydrogens (tertiary/aromatic N) is 2. The number of halogens is 1. The first-order valence-corrected chi connectivity index (χ1v) is 5.56. The molecule has 1 aromatic rings. The number of hydrogen-bond acceptors (Lipinski definition) is 4. The van der Waals surface area contributed by atoms with E-state index in [0.717, 1.165) is 17.0 Å². The fourth-order valence-corrected chi connectivity index (χ4v) is 1.44. The molecule has 0 fully saturated rings. The Bertz CT molecular complexity index is 549. The SMILES string of the molecule is CCN(CC(=O)O)C(=O)Nc1cc(F)cc([N+](=O)[O-])c1. The normalized spacial score (nSPS) is 9.90. The Hall–Kier alpha value is -2.71. The molecule has 2 N–H and O–H groups in total. The molecule has 0 atom stereocenters. The molecule has 0 saturated carbocycles. The number of nitro groups is 1. The van der Waals surface area contributed by atoms with Gasteiger partial charge in [0.2, 0.25) is 0 Å². The summed E-state index contributed by atoms with van der Waals surface area (Å²) < 4.78 is 13.2. The molecule has 108 valence electrons. The van der Waals surface area contributed by atoms with E-state index in [1.54, 1.807) is 6.92 Å². The van der Waals surface area contributed by atoms with Gasteiger partial charge in [-0.3, -0.25) is 14.9 Å². The summed E-state index contributed by atoms with van der Waals surface area (Å²) in [4.78, 5) is 33.0. The summed E-state index contributed by atoms with van der Waals surface area (Å²) >= 11 is 0. The molecule has 9 heteroatoms. The number of carbonyl (C=O) groups excluding carboxylic acids is 1. The van der Waals surface area contributed by atoms with E-state index in [1.165, 1.54) is 0 Å². The average Bonchev–Trinajstić information content (AvgIpc) is 2.34. The molecule has 0 aliphatic carbocycles. The smallest absolute Gasteiger partial charge is 0.323 e. The third kappa shape index (κ3) is 4.19. The van der Waals surface area contributed by atoms with Crippen LogP contribution in [0.5, 0.6) is 0 Å². The zero-order chi connectivity index (χ0) is 15.3. The van der Waals surface area contributed by atoms with E-state index < -0.39 is 35.0 Å². The van der Waals surface area contributed by atoms with Crippen molar-refractivity contribution >= 4 is 23.4 Å². The molecule has 20 heavy (non-hydrogen) atoms. The minimum Gasteiger partial charge on any atom is -0.480 e. The number of carboxylic acid groups (broad SMARTS) is 1. The Balaban J connectivity index is 2.89. The van der Waals surface area contributed by atoms with Crippen LogP contribution in [0, 0.1) is 15.9 Å². The molecular weight excluding hydrogens is 273 g/mol. The number of amides is 2. The monoisotopic (exact) mass is 285 g/mol. The summed E-state index contributed by atoms with van der Waals surface area (Å²) in [5.74, 6) is -2.08. The summed E-state index contributed by atoms with van der Waals surface area (Å²) in [5, 5.41) is 21.4. The van der Waals surface area contributed by atoms with Gasteiger partial charge >= 0.3 is 12.0 Å². The van der Waals surface area contributed by atoms with Gasteiger partial charge in [-0.05, 0) is 13.0 Å². The van der Waals surface area contributed by atoms with Crippen LogP contribution in [0.3, 0.4) is 0 Å². The number of urea groups is 1. The standard InChI is InChI=1S/C11H12FN3O5/c1-2-14(6-10(16)17)11(18)13-8-3-7(12)4-9(5-8)15(19)20/h3-5H,2,6H2,1H3,(H,13,18)(H,16,17). The van der Waals surface area contributed by atoms with Gasteiger partial charge in [0.05, 0.1) is 16.7 Å². The Labute approximate surface area is 113 Å². The summed E-state index contributed by atoms with van der Waals surface area (Å²) in [6.45, 7) is 1.16. The van der Waals surface area contributed by atoms with Crippen LogP contribution in [0.25, 0.3) is 0 Å². The second kappa shape index (κ2) is 6.45. The fraction of sp³-hybridized carbons (Fsp3) is 0.273. The number of nitrogens with one attached hydrogen (secondary N) is 1. The second-order valence-corrected chi connectivity index (χ2v) is 3.79. The molecule has 8 nitrogen and oxygen atoms in total. The van der Waals surface area contributed by atoms with Crippen molar-refractivity contribution in [2.45, 2.75) is 6.92 Å². The van der Waals surface area contributed by atoms with Crippen molar-refractivity contribution in [1.29, 1.82) is 0 Å². The lowest BCUT2D eigenvalue weighted by Gasteiger charge is -2.19. The van der Waals surface area contributed by atoms with Crippen molar-refractivity contribution in [3.05, 3.63) is 34.1 Å². The van der Waals surface area contributed by atoms with E-state index in [-0.39, 0.29) is 12.2 Å². The van der Waals surface area contributed by atoms with E-state index in [4.69, 9.17) is 5.11 Å². The summed E-state index contributed by atoms with van der Waals surface area (Å²) in [7, 11) is 0. The zero-order valence-corrected chi connectivity index (χ0v) is 10.5. The fourth-order valence-electron chi connectivity index (χ4n) is 1.44. The van der Waals surface area contributed by atoms with Crippen molar-refractivity contribution in [2.75, 3.05) is 18.4 Å². The molecule has 2 amide bonds. The van der Waals surface area contributed by atoms with Gasteiger partial charge in [-0.2, -0.15) is 0 Å². The van der Waals surface area contributed by atoms with Crippen LogP contribution >= 0.6 is 0 Å². The highest BCUT2D eigenvalue weighted by Crippen LogP contribution is 2.20. The number of carbonyl (C=O) groups is 2. The molecule has 0 heterocycles. The van der Waals surface area contributed by atoms with Crippen LogP contribution in [0.2, 0.25) is 0 Å². The average molecular weight is 285 g/mol. The quantitative estimate of drug-likeness (QED) is 0.631. The van der Waals surface area contributed by atoms with E-state index in [1.807, 2.05) is 0 Å². The van der Waals surface area contributed by atoms with Gasteiger partial charge in [-0.15, -0.1) is 0 Å². The van der Waals surface area contributed by atoms with Crippen molar-refractivity contribution in [3.8, 4) is 0 Å². The Morgan fingerprint density at radius 3 is 2.60 bits per heavy atom. The van der Waals surface area contributed by atoms with Gasteiger partial charge in [0.1, 0.15) is 12.4 Å². The molecule has 0 aromatic heterocycles. The molecule has 0 aliphatic heterocycles. The molecule has 0 aliphatic rings. The van der Waals surface area contributed by atoms with Gasteiger partial charge in [0.25, 0.3) is 5.69 Å². The number of carboxylic acids is 1. The lowest BCUT2D eigenvalue weighted by Crippen LogP contribution is -2.38. The predicted octanol–water partition coefficient (Wildman–Crippen LogP) is 1.67. The lowest BCUT2D eigenvalue weighted by atomic mass is 10.2. The van der Waals surface area contributed by atoms with Crippen molar-refractivity contribution in [3.63, 3.8) is 0 Å². The maximum atomic E-state index is 13.2. The van der Waals surface area contributed by atoms with Crippen LogP contribution in [0.1, 0.15) is 6.92 Å². The molecule has 0 radical (unpaired) electrons. The number of benzene rings is 1. The van der Waals surface area contributed by atoms with Crippen LogP contribution < -0.4 is 5.32 Å². The number of likely N-dealkylation sites (N-methyl/N-ethyl adjacent to an activating group) is 1. The van der Waals surface area contributed by atoms with Gasteiger partial charge in [0, 0.05) is 12.6 Å². The zero-order valence-electron chi connectivity index (χ0n) is 10.5. The molecule has 1 rings (SSSR count). The van der Waals surface area contributed by atoms with Crippen molar-refractivity contribution in [1.82, 2.24) is 4.90 Å². The van der Waals surface area contributed by atoms with Crippen molar-refractivity contribution in [2.24, 2.45) is 0 Å². The van der Waals surface area contributed by atoms with E-state index in [9.17, 15) is 24.1 Å². The Morgan fingerprint density at radius 2 is 2.10 bits per heavy atom. The second-order valence-electron chi connectivity index (χ2n) is 3.79. The number of rotatable bonds is 5. The van der Waals surface area contributed by atoms with Gasteiger partial charge in [-0.25, -0.2) is 9.18 Å². The summed E-state index contributed by atoms with van der Waals surface area (Å²) in [5.41, 5.74) is -0.632. The molecule has 0 saturated heterocycles. The lowest BCUT2D eigenvalue weighted by molar-refractivity contribution is -0.385. The van der Waals surface area contributed by atoms with Crippen LogP contribution in [-0.4, -0.2) is 40.0 Å². The van der Waals surface area contributed by atoms with E-state index in [0.29, 0.717) is 6.07 Å². The predicted molar refractivity (Wildman–Crippen MR) is 67.0 cm³/mol. The van der Waals surface area contributed by atoms with Crippen LogP contribution in [0.4, 0.5) is 20.6 Å². The topological polar surface area (TPSA) is 113 Å². The number of aliphatic carboxylic acids is 1. The number of hydrogen-bond donors (Lipinski definition) is 2. The number of nitro benzene ring substituents is 1. The highest BCUT2D eigenvalue weighted by Gasteiger charge is 2.17. The maximum absolute atomic E-state index is 13.2. The van der Waals surface area contributed by atoms with E-state index in [2.05, 4.69) is 5.32 Å². The molecule has 0 unspecified atom stereocenters. The minimum atomic E-state index is -1.20. The Kier molecular flexibility index (Phi) is 4.95. The first kappa shape index (κ1) is 15.3. The van der Waals surface area contributed by atoms with Crippen LogP contribution in [0.15, 0.2) is 18.2 Å². The Morgan fingerprint density at radius 1 is 1.45 bits per heavy atom.